The topological polar surface area (TPSA) is 3.24 Å². The normalized spacial score (nSPS) is 23.4. The molecule has 0 amide bonds. The number of anilines is 1. The van der Waals surface area contributed by atoms with E-state index in [1.165, 1.54) is 22.4 Å². The van der Waals surface area contributed by atoms with Crippen LogP contribution in [-0.4, -0.2) is 13.1 Å². The van der Waals surface area contributed by atoms with Gasteiger partial charge in [0.1, 0.15) is 0 Å². The molecule has 2 aliphatic rings. The molecule has 1 aliphatic heterocycles. The molecule has 4 aromatic rings. The van der Waals surface area contributed by atoms with Gasteiger partial charge in [0.15, 0.2) is 0 Å². The lowest BCUT2D eigenvalue weighted by Crippen LogP contribution is -2.37. The average molecular weight is 466 g/mol. The molecule has 0 radical (unpaired) electrons. The van der Waals surface area contributed by atoms with Crippen LogP contribution in [0.25, 0.3) is 0 Å². The zero-order chi connectivity index (χ0) is 20.9. The van der Waals surface area contributed by atoms with Gasteiger partial charge in [-0.15, -0.1) is 0 Å². The molecule has 2 atom stereocenters. The van der Waals surface area contributed by atoms with Crippen LogP contribution >= 0.6 is 15.9 Å². The lowest BCUT2D eigenvalue weighted by Gasteiger charge is -2.34. The van der Waals surface area contributed by atoms with Crippen LogP contribution in [0.15, 0.2) is 120 Å². The lowest BCUT2D eigenvalue weighted by molar-refractivity contribution is 0.586. The van der Waals surface area contributed by atoms with Crippen LogP contribution in [0.2, 0.25) is 0 Å². The highest BCUT2D eigenvalue weighted by Crippen LogP contribution is 2.76. The first-order chi connectivity index (χ1) is 15.3. The highest BCUT2D eigenvalue weighted by Gasteiger charge is 2.81. The number of halogens is 1. The van der Waals surface area contributed by atoms with Crippen LogP contribution in [0.4, 0.5) is 5.69 Å². The molecule has 1 heterocycles. The van der Waals surface area contributed by atoms with E-state index in [9.17, 15) is 0 Å². The van der Waals surface area contributed by atoms with E-state index in [1.54, 1.807) is 0 Å². The number of fused-ring (bicyclic) bond motifs is 1. The molecule has 1 saturated heterocycles. The maximum absolute atomic E-state index is 3.66. The average Bonchev–Trinajstić information content (AvgIpc) is 3.19. The SMILES string of the molecule is Brc1cccc(N2CC3C(c4ccccc4)(C2)C3(c2ccccc2)c2ccccc2)c1. The van der Waals surface area contributed by atoms with Crippen molar-refractivity contribution in [2.45, 2.75) is 10.8 Å². The monoisotopic (exact) mass is 465 g/mol. The summed E-state index contributed by atoms with van der Waals surface area (Å²) in [5.74, 6) is 0.520. The summed E-state index contributed by atoms with van der Waals surface area (Å²) in [4.78, 5) is 2.58. The van der Waals surface area contributed by atoms with Crippen molar-refractivity contribution < 1.29 is 0 Å². The molecule has 1 saturated carbocycles. The van der Waals surface area contributed by atoms with E-state index in [-0.39, 0.29) is 10.8 Å². The molecular weight excluding hydrogens is 442 g/mol. The summed E-state index contributed by atoms with van der Waals surface area (Å²) in [6.07, 6.45) is 0. The fourth-order valence-corrected chi connectivity index (χ4v) is 6.73. The van der Waals surface area contributed by atoms with Crippen LogP contribution in [-0.2, 0) is 10.8 Å². The third kappa shape index (κ3) is 2.61. The highest BCUT2D eigenvalue weighted by atomic mass is 79.9. The first-order valence-electron chi connectivity index (χ1n) is 10.9. The van der Waals surface area contributed by atoms with Gasteiger partial charge in [-0.05, 0) is 34.9 Å². The smallest absolute Gasteiger partial charge is 0.0377 e. The Morgan fingerprint density at radius 2 is 1.19 bits per heavy atom. The van der Waals surface area contributed by atoms with Gasteiger partial charge in [-0.2, -0.15) is 0 Å². The van der Waals surface area contributed by atoms with Crippen molar-refractivity contribution in [1.82, 2.24) is 0 Å². The Labute approximate surface area is 192 Å². The minimum absolute atomic E-state index is 0.000609. The number of benzene rings is 4. The van der Waals surface area contributed by atoms with Crippen LogP contribution in [0.3, 0.4) is 0 Å². The summed E-state index contributed by atoms with van der Waals surface area (Å²) in [6, 6.07) is 42.3. The van der Waals surface area contributed by atoms with Gasteiger partial charge in [0.05, 0.1) is 0 Å². The summed E-state index contributed by atoms with van der Waals surface area (Å²) in [5, 5.41) is 0. The number of hydrogen-bond acceptors (Lipinski definition) is 1. The summed E-state index contributed by atoms with van der Waals surface area (Å²) >= 11 is 3.66. The number of piperidine rings is 1. The van der Waals surface area contributed by atoms with Gasteiger partial charge in [0, 0.05) is 40.0 Å². The Kier molecular flexibility index (Phi) is 4.33. The molecule has 2 fully saturated rings. The molecule has 1 nitrogen and oxygen atoms in total. The number of nitrogens with zero attached hydrogens (tertiary/aromatic N) is 1. The van der Waals surface area contributed by atoms with Crippen molar-refractivity contribution in [3.05, 3.63) is 136 Å². The molecule has 0 bridgehead atoms. The predicted octanol–water partition coefficient (Wildman–Crippen LogP) is 6.82. The standard InChI is InChI=1S/C29H24BrN/c30-25-17-10-18-26(19-25)31-20-27-28(21-31,22-11-4-1-5-12-22)29(27,23-13-6-2-7-14-23)24-15-8-3-9-16-24/h1-19,27H,20-21H2. The van der Waals surface area contributed by atoms with E-state index < -0.39 is 0 Å². The first-order valence-corrected chi connectivity index (χ1v) is 11.7. The number of rotatable bonds is 4. The maximum atomic E-state index is 3.66. The second-order valence-electron chi connectivity index (χ2n) is 8.79. The second kappa shape index (κ2) is 7.10. The molecule has 2 heteroatoms. The van der Waals surface area contributed by atoms with Gasteiger partial charge < -0.3 is 4.90 Å². The Balaban J connectivity index is 1.55. The quantitative estimate of drug-likeness (QED) is 0.319. The van der Waals surface area contributed by atoms with Crippen LogP contribution in [0, 0.1) is 5.92 Å². The van der Waals surface area contributed by atoms with E-state index >= 15 is 0 Å². The first kappa shape index (κ1) is 18.9. The van der Waals surface area contributed by atoms with E-state index in [2.05, 4.69) is 136 Å². The van der Waals surface area contributed by atoms with E-state index in [0.29, 0.717) is 5.92 Å². The Bertz CT molecular complexity index is 1170. The Morgan fingerprint density at radius 3 is 1.74 bits per heavy atom. The molecule has 4 aromatic carbocycles. The van der Waals surface area contributed by atoms with Crippen LogP contribution in [0.5, 0.6) is 0 Å². The predicted molar refractivity (Wildman–Crippen MR) is 132 cm³/mol. The molecule has 0 spiro atoms. The molecule has 1 aliphatic carbocycles. The number of hydrogen-bond donors (Lipinski definition) is 0. The molecule has 0 aromatic heterocycles. The van der Waals surface area contributed by atoms with Gasteiger partial charge in [-0.25, -0.2) is 0 Å². The van der Waals surface area contributed by atoms with Gasteiger partial charge in [-0.1, -0.05) is 113 Å². The molecule has 31 heavy (non-hydrogen) atoms. The fraction of sp³-hybridized carbons (Fsp3) is 0.172. The molecule has 0 N–H and O–H groups in total. The Morgan fingerprint density at radius 1 is 0.645 bits per heavy atom. The third-order valence-corrected chi connectivity index (χ3v) is 7.99. The minimum Gasteiger partial charge on any atom is -0.370 e. The summed E-state index contributed by atoms with van der Waals surface area (Å²) in [7, 11) is 0. The highest BCUT2D eigenvalue weighted by molar-refractivity contribution is 9.10. The van der Waals surface area contributed by atoms with Crippen LogP contribution < -0.4 is 4.90 Å². The molecule has 152 valence electrons. The van der Waals surface area contributed by atoms with E-state index in [4.69, 9.17) is 0 Å². The van der Waals surface area contributed by atoms with Gasteiger partial charge in [0.2, 0.25) is 0 Å². The van der Waals surface area contributed by atoms with Crippen molar-refractivity contribution >= 4 is 21.6 Å². The second-order valence-corrected chi connectivity index (χ2v) is 9.71. The van der Waals surface area contributed by atoms with Crippen molar-refractivity contribution in [2.75, 3.05) is 18.0 Å². The van der Waals surface area contributed by atoms with Crippen LogP contribution in [0.1, 0.15) is 16.7 Å². The summed E-state index contributed by atoms with van der Waals surface area (Å²) in [5.41, 5.74) is 5.67. The minimum atomic E-state index is -0.000609. The summed E-state index contributed by atoms with van der Waals surface area (Å²) < 4.78 is 1.14. The van der Waals surface area contributed by atoms with Gasteiger partial charge in [-0.3, -0.25) is 0 Å². The molecule has 6 rings (SSSR count). The van der Waals surface area contributed by atoms with Crippen molar-refractivity contribution in [3.8, 4) is 0 Å². The van der Waals surface area contributed by atoms with Gasteiger partial charge in [0.25, 0.3) is 0 Å². The third-order valence-electron chi connectivity index (χ3n) is 7.50. The maximum Gasteiger partial charge on any atom is 0.0377 e. The Hall–Kier alpha value is -2.84. The zero-order valence-corrected chi connectivity index (χ0v) is 18.9. The van der Waals surface area contributed by atoms with E-state index in [0.717, 1.165) is 17.6 Å². The van der Waals surface area contributed by atoms with Crippen molar-refractivity contribution in [1.29, 1.82) is 0 Å². The van der Waals surface area contributed by atoms with Crippen molar-refractivity contribution in [2.24, 2.45) is 5.92 Å². The largest absolute Gasteiger partial charge is 0.370 e. The molecular formula is C29H24BrN. The summed E-state index contributed by atoms with van der Waals surface area (Å²) in [6.45, 7) is 2.07. The van der Waals surface area contributed by atoms with Crippen molar-refractivity contribution in [3.63, 3.8) is 0 Å². The van der Waals surface area contributed by atoms with E-state index in [1.807, 2.05) is 0 Å². The lowest BCUT2D eigenvalue weighted by atomic mass is 9.76. The molecule has 2 unspecified atom stereocenters. The fourth-order valence-electron chi connectivity index (χ4n) is 6.34. The van der Waals surface area contributed by atoms with Gasteiger partial charge >= 0.3 is 0 Å². The zero-order valence-electron chi connectivity index (χ0n) is 17.3.